The molecule has 4 heteroatoms. The van der Waals surface area contributed by atoms with Gasteiger partial charge in [-0.25, -0.2) is 4.98 Å². The molecule has 0 saturated carbocycles. The van der Waals surface area contributed by atoms with E-state index >= 15 is 0 Å². The maximum Gasteiger partial charge on any atom is 0.103 e. The number of aromatic nitrogens is 1. The third-order valence-corrected chi connectivity index (χ3v) is 4.35. The van der Waals surface area contributed by atoms with Gasteiger partial charge in [-0.2, -0.15) is 11.8 Å². The summed E-state index contributed by atoms with van der Waals surface area (Å²) in [7, 11) is 0. The highest BCUT2D eigenvalue weighted by atomic mass is 35.5. The van der Waals surface area contributed by atoms with E-state index in [1.54, 1.807) is 11.3 Å². The molecule has 0 N–H and O–H groups in total. The van der Waals surface area contributed by atoms with Gasteiger partial charge < -0.3 is 0 Å². The monoisotopic (exact) mass is 221 g/mol. The Kier molecular flexibility index (Phi) is 4.40. The van der Waals surface area contributed by atoms with E-state index in [9.17, 15) is 0 Å². The first-order valence-corrected chi connectivity index (χ1v) is 6.27. The number of aryl methyl sites for hydroxylation is 1. The highest BCUT2D eigenvalue weighted by molar-refractivity contribution is 7.99. The summed E-state index contributed by atoms with van der Waals surface area (Å²) < 4.78 is 0. The van der Waals surface area contributed by atoms with E-state index in [1.165, 1.54) is 5.01 Å². The molecule has 0 bridgehead atoms. The minimum atomic E-state index is 0.524. The molecule has 1 unspecified atom stereocenters. The van der Waals surface area contributed by atoms with Gasteiger partial charge >= 0.3 is 0 Å². The van der Waals surface area contributed by atoms with Crippen LogP contribution in [0.5, 0.6) is 0 Å². The van der Waals surface area contributed by atoms with E-state index in [-0.39, 0.29) is 0 Å². The van der Waals surface area contributed by atoms with Crippen molar-refractivity contribution in [2.24, 2.45) is 0 Å². The topological polar surface area (TPSA) is 12.9 Å². The van der Waals surface area contributed by atoms with Crippen LogP contribution < -0.4 is 0 Å². The van der Waals surface area contributed by atoms with E-state index in [2.05, 4.69) is 17.3 Å². The first-order valence-electron chi connectivity index (χ1n) is 3.81. The lowest BCUT2D eigenvalue weighted by Crippen LogP contribution is -1.97. The smallest absolute Gasteiger partial charge is 0.103 e. The molecule has 1 rings (SSSR count). The van der Waals surface area contributed by atoms with Gasteiger partial charge in [-0.1, -0.05) is 6.92 Å². The van der Waals surface area contributed by atoms with Gasteiger partial charge in [-0.15, -0.1) is 22.9 Å². The average molecular weight is 222 g/mol. The molecule has 0 spiro atoms. The number of nitrogens with zero attached hydrogens (tertiary/aromatic N) is 1. The standard InChI is InChI=1S/C8H12ClNS2/c1-6-4-12-8(10-6)5-11-7(2)3-9/h4,7H,3,5H2,1-2H3. The number of halogens is 1. The van der Waals surface area contributed by atoms with Crippen molar-refractivity contribution in [3.8, 4) is 0 Å². The Hall–Kier alpha value is 0.270. The summed E-state index contributed by atoms with van der Waals surface area (Å²) in [5, 5.41) is 3.81. The molecule has 0 aliphatic rings. The summed E-state index contributed by atoms with van der Waals surface area (Å²) in [4.78, 5) is 4.37. The van der Waals surface area contributed by atoms with Gasteiger partial charge in [-0.05, 0) is 6.92 Å². The molecule has 0 amide bonds. The number of hydrogen-bond donors (Lipinski definition) is 0. The minimum Gasteiger partial charge on any atom is -0.246 e. The van der Waals surface area contributed by atoms with Gasteiger partial charge in [-0.3, -0.25) is 0 Å². The molecule has 1 atom stereocenters. The fourth-order valence-corrected chi connectivity index (χ4v) is 2.61. The van der Waals surface area contributed by atoms with Crippen molar-refractivity contribution in [1.82, 2.24) is 4.98 Å². The zero-order valence-electron chi connectivity index (χ0n) is 7.21. The van der Waals surface area contributed by atoms with Gasteiger partial charge in [0.1, 0.15) is 5.01 Å². The maximum absolute atomic E-state index is 5.69. The lowest BCUT2D eigenvalue weighted by atomic mass is 10.6. The molecule has 1 heterocycles. The molecule has 0 aliphatic carbocycles. The van der Waals surface area contributed by atoms with Crippen molar-refractivity contribution in [3.63, 3.8) is 0 Å². The molecule has 12 heavy (non-hydrogen) atoms. The first kappa shape index (κ1) is 10.4. The van der Waals surface area contributed by atoms with Crippen LogP contribution in [0.25, 0.3) is 0 Å². The van der Waals surface area contributed by atoms with Gasteiger partial charge in [0, 0.05) is 28.0 Å². The second-order valence-electron chi connectivity index (χ2n) is 2.66. The second kappa shape index (κ2) is 5.10. The minimum absolute atomic E-state index is 0.524. The molecule has 0 radical (unpaired) electrons. The lowest BCUT2D eigenvalue weighted by Gasteiger charge is -2.03. The van der Waals surface area contributed by atoms with Crippen LogP contribution in [0.1, 0.15) is 17.6 Å². The predicted octanol–water partition coefficient (Wildman–Crippen LogP) is 3.31. The molecule has 0 saturated heterocycles. The summed E-state index contributed by atoms with van der Waals surface area (Å²) in [5.41, 5.74) is 1.12. The van der Waals surface area contributed by atoms with E-state index in [4.69, 9.17) is 11.6 Å². The Balaban J connectivity index is 2.33. The summed E-state index contributed by atoms with van der Waals surface area (Å²) in [6, 6.07) is 0. The summed E-state index contributed by atoms with van der Waals surface area (Å²) in [6.45, 7) is 4.16. The zero-order chi connectivity index (χ0) is 8.97. The predicted molar refractivity (Wildman–Crippen MR) is 58.3 cm³/mol. The normalized spacial score (nSPS) is 13.2. The van der Waals surface area contributed by atoms with Crippen LogP contribution >= 0.6 is 34.7 Å². The highest BCUT2D eigenvalue weighted by Gasteiger charge is 2.03. The number of thioether (sulfide) groups is 1. The van der Waals surface area contributed by atoms with Crippen molar-refractivity contribution >= 4 is 34.7 Å². The van der Waals surface area contributed by atoms with Crippen LogP contribution in [0.4, 0.5) is 0 Å². The Morgan fingerprint density at radius 3 is 3.00 bits per heavy atom. The Morgan fingerprint density at radius 2 is 2.50 bits per heavy atom. The fraction of sp³-hybridized carbons (Fsp3) is 0.625. The van der Waals surface area contributed by atoms with Crippen LogP contribution in [-0.4, -0.2) is 16.1 Å². The Bertz CT molecular complexity index is 237. The van der Waals surface area contributed by atoms with Crippen LogP contribution in [0, 0.1) is 6.92 Å². The quantitative estimate of drug-likeness (QED) is 0.724. The summed E-state index contributed by atoms with van der Waals surface area (Å²) >= 11 is 9.27. The maximum atomic E-state index is 5.69. The third-order valence-electron chi connectivity index (χ3n) is 1.38. The van der Waals surface area contributed by atoms with Crippen LogP contribution in [0.3, 0.4) is 0 Å². The van der Waals surface area contributed by atoms with Gasteiger partial charge in [0.25, 0.3) is 0 Å². The van der Waals surface area contributed by atoms with Crippen molar-refractivity contribution in [2.75, 3.05) is 5.88 Å². The molecule has 0 aliphatic heterocycles. The van der Waals surface area contributed by atoms with Crippen molar-refractivity contribution < 1.29 is 0 Å². The van der Waals surface area contributed by atoms with Crippen LogP contribution in [0.2, 0.25) is 0 Å². The van der Waals surface area contributed by atoms with Crippen molar-refractivity contribution in [2.45, 2.75) is 24.9 Å². The van der Waals surface area contributed by atoms with E-state index < -0.39 is 0 Å². The second-order valence-corrected chi connectivity index (χ2v) is 5.34. The largest absolute Gasteiger partial charge is 0.246 e. The Morgan fingerprint density at radius 1 is 1.75 bits per heavy atom. The number of thiazole rings is 1. The zero-order valence-corrected chi connectivity index (χ0v) is 9.60. The number of hydrogen-bond acceptors (Lipinski definition) is 3. The van der Waals surface area contributed by atoms with E-state index in [0.29, 0.717) is 5.25 Å². The summed E-state index contributed by atoms with van der Waals surface area (Å²) in [6.07, 6.45) is 0. The van der Waals surface area contributed by atoms with Gasteiger partial charge in [0.05, 0.1) is 0 Å². The fourth-order valence-electron chi connectivity index (χ4n) is 0.727. The number of rotatable bonds is 4. The van der Waals surface area contributed by atoms with Crippen LogP contribution in [-0.2, 0) is 5.75 Å². The van der Waals surface area contributed by atoms with E-state index in [0.717, 1.165) is 17.3 Å². The molecule has 0 fully saturated rings. The van der Waals surface area contributed by atoms with Crippen molar-refractivity contribution in [3.05, 3.63) is 16.1 Å². The average Bonchev–Trinajstić information content (AvgIpc) is 2.47. The van der Waals surface area contributed by atoms with Gasteiger partial charge in [0.2, 0.25) is 0 Å². The van der Waals surface area contributed by atoms with E-state index in [1.807, 2.05) is 18.7 Å². The molecule has 0 aromatic carbocycles. The molecule has 1 aromatic rings. The van der Waals surface area contributed by atoms with Gasteiger partial charge in [0.15, 0.2) is 0 Å². The van der Waals surface area contributed by atoms with Crippen molar-refractivity contribution in [1.29, 1.82) is 0 Å². The lowest BCUT2D eigenvalue weighted by molar-refractivity contribution is 1.11. The first-order chi connectivity index (χ1) is 5.72. The molecule has 68 valence electrons. The molecular weight excluding hydrogens is 210 g/mol. The van der Waals surface area contributed by atoms with Crippen LogP contribution in [0.15, 0.2) is 5.38 Å². The molecular formula is C8H12ClNS2. The highest BCUT2D eigenvalue weighted by Crippen LogP contribution is 2.20. The summed E-state index contributed by atoms with van der Waals surface area (Å²) in [5.74, 6) is 1.71. The third kappa shape index (κ3) is 3.33. The Labute approximate surface area is 86.5 Å². The number of alkyl halides is 1. The molecule has 1 nitrogen and oxygen atoms in total. The SMILES string of the molecule is Cc1csc(CSC(C)CCl)n1. The molecule has 1 aromatic heterocycles.